The molecule has 0 aromatic heterocycles. The molecule has 0 fully saturated rings. The summed E-state index contributed by atoms with van der Waals surface area (Å²) in [6, 6.07) is 5.17. The Hall–Kier alpha value is -1.71. The third kappa shape index (κ3) is 1.63. The van der Waals surface area contributed by atoms with E-state index < -0.39 is 0 Å². The molecule has 0 radical (unpaired) electrons. The third-order valence-corrected chi connectivity index (χ3v) is 2.67. The lowest BCUT2D eigenvalue weighted by molar-refractivity contribution is -0.142. The maximum Gasteiger partial charge on any atom is 0.313 e. The summed E-state index contributed by atoms with van der Waals surface area (Å²) in [6.45, 7) is 0.671. The Morgan fingerprint density at radius 3 is 3.13 bits per heavy atom. The second-order valence-electron chi connectivity index (χ2n) is 3.53. The van der Waals surface area contributed by atoms with Crippen molar-refractivity contribution in [1.82, 2.24) is 0 Å². The van der Waals surface area contributed by atoms with Gasteiger partial charge in [-0.3, -0.25) is 4.79 Å². The van der Waals surface area contributed by atoms with Gasteiger partial charge in [0, 0.05) is 6.54 Å². The fraction of sp³-hybridized carbons (Fsp3) is 0.364. The number of phenolic OH excluding ortho intramolecular Hbond substituents is 1. The highest BCUT2D eigenvalue weighted by Crippen LogP contribution is 2.37. The Bertz CT molecular complexity index is 389. The number of rotatable bonds is 1. The van der Waals surface area contributed by atoms with Gasteiger partial charge in [0.1, 0.15) is 5.75 Å². The molecule has 4 nitrogen and oxygen atoms in total. The highest BCUT2D eigenvalue weighted by molar-refractivity contribution is 5.83. The molecule has 0 saturated heterocycles. The van der Waals surface area contributed by atoms with Crippen molar-refractivity contribution in [2.45, 2.75) is 12.3 Å². The first-order chi connectivity index (χ1) is 7.24. The SMILES string of the molecule is COC(=O)C1CCNc2c(O)cccc21. The van der Waals surface area contributed by atoms with E-state index in [0.29, 0.717) is 18.7 Å². The predicted molar refractivity (Wildman–Crippen MR) is 56.0 cm³/mol. The van der Waals surface area contributed by atoms with Gasteiger partial charge in [0.05, 0.1) is 18.7 Å². The average Bonchev–Trinajstić information content (AvgIpc) is 2.28. The highest BCUT2D eigenvalue weighted by atomic mass is 16.5. The van der Waals surface area contributed by atoms with E-state index in [0.717, 1.165) is 5.56 Å². The zero-order chi connectivity index (χ0) is 10.8. The van der Waals surface area contributed by atoms with Gasteiger partial charge in [-0.15, -0.1) is 0 Å². The normalized spacial score (nSPS) is 18.9. The third-order valence-electron chi connectivity index (χ3n) is 2.67. The van der Waals surface area contributed by atoms with E-state index in [1.165, 1.54) is 7.11 Å². The Labute approximate surface area is 87.9 Å². The van der Waals surface area contributed by atoms with Crippen LogP contribution in [0.5, 0.6) is 5.75 Å². The molecule has 0 aliphatic carbocycles. The summed E-state index contributed by atoms with van der Waals surface area (Å²) < 4.78 is 4.74. The summed E-state index contributed by atoms with van der Waals surface area (Å²) in [6.07, 6.45) is 0.698. The molecular weight excluding hydrogens is 194 g/mol. The lowest BCUT2D eigenvalue weighted by atomic mass is 9.91. The molecule has 0 spiro atoms. The van der Waals surface area contributed by atoms with Crippen molar-refractivity contribution in [2.24, 2.45) is 0 Å². The smallest absolute Gasteiger partial charge is 0.313 e. The largest absolute Gasteiger partial charge is 0.506 e. The van der Waals surface area contributed by atoms with Crippen molar-refractivity contribution in [3.05, 3.63) is 23.8 Å². The minimum Gasteiger partial charge on any atom is -0.506 e. The van der Waals surface area contributed by atoms with Crippen molar-refractivity contribution < 1.29 is 14.6 Å². The monoisotopic (exact) mass is 207 g/mol. The molecule has 1 unspecified atom stereocenters. The van der Waals surface area contributed by atoms with Crippen LogP contribution in [0.2, 0.25) is 0 Å². The molecule has 1 atom stereocenters. The summed E-state index contributed by atoms with van der Waals surface area (Å²) in [4.78, 5) is 11.5. The first-order valence-electron chi connectivity index (χ1n) is 4.87. The molecular formula is C11H13NO3. The second kappa shape index (κ2) is 3.81. The number of carbonyl (C=O) groups excluding carboxylic acids is 1. The Kier molecular flexibility index (Phi) is 2.49. The summed E-state index contributed by atoms with van der Waals surface area (Å²) in [5.41, 5.74) is 1.47. The number of phenols is 1. The highest BCUT2D eigenvalue weighted by Gasteiger charge is 2.28. The van der Waals surface area contributed by atoms with Crippen LogP contribution in [0.4, 0.5) is 5.69 Å². The fourth-order valence-electron chi connectivity index (χ4n) is 1.92. The number of esters is 1. The summed E-state index contributed by atoms with van der Waals surface area (Å²) in [5, 5.41) is 12.7. The van der Waals surface area contributed by atoms with E-state index in [1.54, 1.807) is 12.1 Å². The van der Waals surface area contributed by atoms with Crippen LogP contribution in [-0.4, -0.2) is 24.7 Å². The van der Waals surface area contributed by atoms with E-state index in [9.17, 15) is 9.90 Å². The van der Waals surface area contributed by atoms with Crippen LogP contribution in [0.3, 0.4) is 0 Å². The molecule has 1 aliphatic rings. The van der Waals surface area contributed by atoms with Crippen LogP contribution in [0.15, 0.2) is 18.2 Å². The number of aromatic hydroxyl groups is 1. The molecule has 1 aromatic rings. The number of benzene rings is 1. The van der Waals surface area contributed by atoms with Gasteiger partial charge in [-0.25, -0.2) is 0 Å². The van der Waals surface area contributed by atoms with Crippen molar-refractivity contribution in [3.8, 4) is 5.75 Å². The molecule has 2 N–H and O–H groups in total. The minimum atomic E-state index is -0.265. The van der Waals surface area contributed by atoms with Crippen LogP contribution < -0.4 is 5.32 Å². The van der Waals surface area contributed by atoms with E-state index in [2.05, 4.69) is 5.32 Å². The number of hydrogen-bond acceptors (Lipinski definition) is 4. The van der Waals surface area contributed by atoms with Crippen molar-refractivity contribution in [2.75, 3.05) is 19.0 Å². The van der Waals surface area contributed by atoms with Gasteiger partial charge in [-0.2, -0.15) is 0 Å². The number of anilines is 1. The molecule has 4 heteroatoms. The van der Waals surface area contributed by atoms with Gasteiger partial charge < -0.3 is 15.2 Å². The van der Waals surface area contributed by atoms with Crippen molar-refractivity contribution in [1.29, 1.82) is 0 Å². The zero-order valence-electron chi connectivity index (χ0n) is 8.49. The fourth-order valence-corrected chi connectivity index (χ4v) is 1.92. The molecule has 15 heavy (non-hydrogen) atoms. The van der Waals surface area contributed by atoms with E-state index in [4.69, 9.17) is 4.74 Å². The lowest BCUT2D eigenvalue weighted by Gasteiger charge is -2.25. The van der Waals surface area contributed by atoms with Gasteiger partial charge in [0.25, 0.3) is 0 Å². The molecule has 2 rings (SSSR count). The minimum absolute atomic E-state index is 0.182. The number of carbonyl (C=O) groups is 1. The van der Waals surface area contributed by atoms with Crippen LogP contribution in [0, 0.1) is 0 Å². The standard InChI is InChI=1S/C11H13NO3/c1-15-11(14)8-5-6-12-10-7(8)3-2-4-9(10)13/h2-4,8,12-13H,5-6H2,1H3. The van der Waals surface area contributed by atoms with Crippen LogP contribution in [0.1, 0.15) is 17.9 Å². The maximum absolute atomic E-state index is 11.5. The predicted octanol–water partition coefficient (Wildman–Crippen LogP) is 1.46. The van der Waals surface area contributed by atoms with Crippen LogP contribution >= 0.6 is 0 Å². The van der Waals surface area contributed by atoms with E-state index in [1.807, 2.05) is 6.07 Å². The van der Waals surface area contributed by atoms with Crippen molar-refractivity contribution >= 4 is 11.7 Å². The number of para-hydroxylation sites is 1. The van der Waals surface area contributed by atoms with Crippen LogP contribution in [-0.2, 0) is 9.53 Å². The number of ether oxygens (including phenoxy) is 1. The number of fused-ring (bicyclic) bond motifs is 1. The zero-order valence-corrected chi connectivity index (χ0v) is 8.49. The van der Waals surface area contributed by atoms with Crippen molar-refractivity contribution in [3.63, 3.8) is 0 Å². The number of methoxy groups -OCH3 is 1. The van der Waals surface area contributed by atoms with Gasteiger partial charge >= 0.3 is 5.97 Å². The van der Waals surface area contributed by atoms with E-state index in [-0.39, 0.29) is 17.6 Å². The van der Waals surface area contributed by atoms with Gasteiger partial charge in [-0.1, -0.05) is 12.1 Å². The summed E-state index contributed by atoms with van der Waals surface area (Å²) >= 11 is 0. The molecule has 0 saturated carbocycles. The number of hydrogen-bond donors (Lipinski definition) is 2. The first kappa shape index (κ1) is 9.83. The lowest BCUT2D eigenvalue weighted by Crippen LogP contribution is -2.23. The van der Waals surface area contributed by atoms with Gasteiger partial charge in [0.2, 0.25) is 0 Å². The quantitative estimate of drug-likeness (QED) is 0.540. The molecule has 80 valence electrons. The molecule has 0 bridgehead atoms. The Morgan fingerprint density at radius 1 is 1.60 bits per heavy atom. The van der Waals surface area contributed by atoms with Gasteiger partial charge in [0.15, 0.2) is 0 Å². The Balaban J connectivity index is 2.42. The topological polar surface area (TPSA) is 58.6 Å². The van der Waals surface area contributed by atoms with E-state index >= 15 is 0 Å². The van der Waals surface area contributed by atoms with Crippen LogP contribution in [0.25, 0.3) is 0 Å². The first-order valence-corrected chi connectivity index (χ1v) is 4.87. The molecule has 0 amide bonds. The second-order valence-corrected chi connectivity index (χ2v) is 3.53. The number of nitrogens with one attached hydrogen (secondary N) is 1. The summed E-state index contributed by atoms with van der Waals surface area (Å²) in [5.74, 6) is -0.331. The average molecular weight is 207 g/mol. The maximum atomic E-state index is 11.5. The van der Waals surface area contributed by atoms with Gasteiger partial charge in [-0.05, 0) is 18.1 Å². The summed E-state index contributed by atoms with van der Waals surface area (Å²) in [7, 11) is 1.38. The molecule has 1 aliphatic heterocycles. The molecule has 1 aromatic carbocycles. The Morgan fingerprint density at radius 2 is 2.40 bits per heavy atom. The molecule has 1 heterocycles.